The Morgan fingerprint density at radius 1 is 1.26 bits per heavy atom. The Kier molecular flexibility index (Phi) is 4.57. The summed E-state index contributed by atoms with van der Waals surface area (Å²) < 4.78 is 15.7. The van der Waals surface area contributed by atoms with Crippen LogP contribution in [0.25, 0.3) is 5.52 Å². The Hall–Kier alpha value is -2.40. The van der Waals surface area contributed by atoms with E-state index in [0.29, 0.717) is 19.4 Å². The number of benzene rings is 1. The second-order valence-corrected chi connectivity index (χ2v) is 5.53. The number of hydrogen-bond acceptors (Lipinski definition) is 2. The third-order valence-electron chi connectivity index (χ3n) is 3.57. The van der Waals surface area contributed by atoms with Crippen LogP contribution in [-0.2, 0) is 6.42 Å². The van der Waals surface area contributed by atoms with Crippen molar-refractivity contribution in [2.24, 2.45) is 0 Å². The van der Waals surface area contributed by atoms with Gasteiger partial charge in [-0.1, -0.05) is 23.7 Å². The number of fused-ring (bicyclic) bond motifs is 1. The maximum absolute atomic E-state index is 13.6. The van der Waals surface area contributed by atoms with Crippen LogP contribution < -0.4 is 5.32 Å². The van der Waals surface area contributed by atoms with Crippen LogP contribution in [0.1, 0.15) is 22.6 Å². The molecule has 0 saturated heterocycles. The van der Waals surface area contributed by atoms with Crippen LogP contribution in [0.3, 0.4) is 0 Å². The molecule has 4 nitrogen and oxygen atoms in total. The smallest absolute Gasteiger partial charge is 0.255 e. The molecule has 0 aliphatic rings. The Morgan fingerprint density at radius 2 is 2.13 bits per heavy atom. The van der Waals surface area contributed by atoms with Crippen LogP contribution in [0, 0.1) is 5.82 Å². The summed E-state index contributed by atoms with van der Waals surface area (Å²) in [6.45, 7) is 0.422. The Balaban J connectivity index is 1.57. The lowest BCUT2D eigenvalue weighted by Gasteiger charge is -2.07. The van der Waals surface area contributed by atoms with Crippen molar-refractivity contribution >= 4 is 23.0 Å². The first kappa shape index (κ1) is 15.5. The fourth-order valence-electron chi connectivity index (χ4n) is 2.44. The molecular formula is C17H15ClFN3O. The van der Waals surface area contributed by atoms with Gasteiger partial charge in [0.25, 0.3) is 5.91 Å². The monoisotopic (exact) mass is 331 g/mol. The molecule has 0 saturated carbocycles. The fourth-order valence-corrected chi connectivity index (χ4v) is 2.68. The lowest BCUT2D eigenvalue weighted by molar-refractivity contribution is 0.0949. The molecule has 0 radical (unpaired) electrons. The minimum atomic E-state index is -0.616. The average Bonchev–Trinajstić information content (AvgIpc) is 2.95. The molecule has 0 spiro atoms. The van der Waals surface area contributed by atoms with Gasteiger partial charge in [-0.2, -0.15) is 0 Å². The SMILES string of the molecule is O=C(NCCCc1ncc2ccccn12)c1c(F)cccc1Cl. The number of halogens is 2. The number of aromatic nitrogens is 2. The minimum Gasteiger partial charge on any atom is -0.352 e. The summed E-state index contributed by atoms with van der Waals surface area (Å²) in [5, 5.41) is 2.80. The number of pyridine rings is 1. The van der Waals surface area contributed by atoms with Gasteiger partial charge in [-0.3, -0.25) is 4.79 Å². The summed E-state index contributed by atoms with van der Waals surface area (Å²) in [6, 6.07) is 10.1. The van der Waals surface area contributed by atoms with E-state index in [1.165, 1.54) is 18.2 Å². The van der Waals surface area contributed by atoms with Crippen LogP contribution in [0.2, 0.25) is 5.02 Å². The second kappa shape index (κ2) is 6.79. The maximum Gasteiger partial charge on any atom is 0.255 e. The molecule has 3 rings (SSSR count). The van der Waals surface area contributed by atoms with Crippen molar-refractivity contribution in [2.75, 3.05) is 6.54 Å². The molecule has 0 aliphatic heterocycles. The van der Waals surface area contributed by atoms with Gasteiger partial charge in [0.15, 0.2) is 0 Å². The van der Waals surface area contributed by atoms with Gasteiger partial charge in [0, 0.05) is 19.2 Å². The van der Waals surface area contributed by atoms with Crippen molar-refractivity contribution in [2.45, 2.75) is 12.8 Å². The first-order chi connectivity index (χ1) is 11.2. The van der Waals surface area contributed by atoms with Gasteiger partial charge in [0.2, 0.25) is 0 Å². The summed E-state index contributed by atoms with van der Waals surface area (Å²) in [6.07, 6.45) is 5.18. The lowest BCUT2D eigenvalue weighted by Crippen LogP contribution is -2.26. The molecule has 23 heavy (non-hydrogen) atoms. The van der Waals surface area contributed by atoms with E-state index in [2.05, 4.69) is 10.3 Å². The van der Waals surface area contributed by atoms with Crippen molar-refractivity contribution in [3.8, 4) is 0 Å². The van der Waals surface area contributed by atoms with Crippen molar-refractivity contribution in [3.63, 3.8) is 0 Å². The molecule has 6 heteroatoms. The molecule has 1 aromatic carbocycles. The van der Waals surface area contributed by atoms with Gasteiger partial charge >= 0.3 is 0 Å². The van der Waals surface area contributed by atoms with E-state index < -0.39 is 11.7 Å². The van der Waals surface area contributed by atoms with E-state index >= 15 is 0 Å². The van der Waals surface area contributed by atoms with Gasteiger partial charge in [-0.05, 0) is 30.7 Å². The van der Waals surface area contributed by atoms with E-state index in [4.69, 9.17) is 11.6 Å². The second-order valence-electron chi connectivity index (χ2n) is 5.13. The van der Waals surface area contributed by atoms with Gasteiger partial charge < -0.3 is 9.72 Å². The molecule has 0 unspecified atom stereocenters. The molecule has 1 N–H and O–H groups in total. The first-order valence-electron chi connectivity index (χ1n) is 7.30. The maximum atomic E-state index is 13.6. The minimum absolute atomic E-state index is 0.111. The molecule has 3 aromatic rings. The van der Waals surface area contributed by atoms with E-state index in [0.717, 1.165) is 11.3 Å². The van der Waals surface area contributed by atoms with Crippen LogP contribution in [-0.4, -0.2) is 21.8 Å². The summed E-state index contributed by atoms with van der Waals surface area (Å²) >= 11 is 5.87. The number of amides is 1. The Morgan fingerprint density at radius 3 is 2.96 bits per heavy atom. The topological polar surface area (TPSA) is 46.4 Å². The van der Waals surface area contributed by atoms with Crippen LogP contribution >= 0.6 is 11.6 Å². The summed E-state index contributed by atoms with van der Waals surface area (Å²) in [4.78, 5) is 16.4. The predicted molar refractivity (Wildman–Crippen MR) is 87.3 cm³/mol. The Labute approximate surface area is 137 Å². The first-order valence-corrected chi connectivity index (χ1v) is 7.68. The number of aryl methyl sites for hydroxylation is 1. The standard InChI is InChI=1S/C17H15ClFN3O/c18-13-6-3-7-14(19)16(13)17(23)20-9-4-8-15-21-11-12-5-1-2-10-22(12)15/h1-3,5-7,10-11H,4,8-9H2,(H,20,23). The number of nitrogens with zero attached hydrogens (tertiary/aromatic N) is 2. The Bertz CT molecular complexity index is 826. The van der Waals surface area contributed by atoms with Gasteiger partial charge in [0.05, 0.1) is 22.3 Å². The number of rotatable bonds is 5. The molecule has 0 atom stereocenters. The van der Waals surface area contributed by atoms with Crippen LogP contribution in [0.15, 0.2) is 48.8 Å². The molecular weight excluding hydrogens is 317 g/mol. The summed E-state index contributed by atoms with van der Waals surface area (Å²) in [7, 11) is 0. The zero-order chi connectivity index (χ0) is 16.2. The van der Waals surface area contributed by atoms with E-state index in [-0.39, 0.29) is 10.6 Å². The highest BCUT2D eigenvalue weighted by Crippen LogP contribution is 2.18. The normalized spacial score (nSPS) is 10.9. The number of carbonyl (C=O) groups excluding carboxylic acids is 1. The van der Waals surface area contributed by atoms with E-state index in [1.54, 1.807) is 0 Å². The molecule has 2 heterocycles. The largest absolute Gasteiger partial charge is 0.352 e. The quantitative estimate of drug-likeness (QED) is 0.727. The number of nitrogens with one attached hydrogen (secondary N) is 1. The van der Waals surface area contributed by atoms with E-state index in [9.17, 15) is 9.18 Å². The third kappa shape index (κ3) is 3.35. The number of hydrogen-bond donors (Lipinski definition) is 1. The fraction of sp³-hybridized carbons (Fsp3) is 0.176. The molecule has 0 bridgehead atoms. The van der Waals surface area contributed by atoms with Crippen LogP contribution in [0.4, 0.5) is 4.39 Å². The molecule has 1 amide bonds. The summed E-state index contributed by atoms with van der Waals surface area (Å²) in [5.74, 6) is -0.186. The zero-order valence-corrected chi connectivity index (χ0v) is 13.1. The third-order valence-corrected chi connectivity index (χ3v) is 3.88. The highest BCUT2D eigenvalue weighted by atomic mass is 35.5. The van der Waals surface area contributed by atoms with Gasteiger partial charge in [0.1, 0.15) is 11.6 Å². The molecule has 0 fully saturated rings. The van der Waals surface area contributed by atoms with Gasteiger partial charge in [-0.15, -0.1) is 0 Å². The predicted octanol–water partition coefficient (Wildman–Crippen LogP) is 3.49. The number of carbonyl (C=O) groups is 1. The molecule has 2 aromatic heterocycles. The highest BCUT2D eigenvalue weighted by molar-refractivity contribution is 6.33. The molecule has 118 valence electrons. The van der Waals surface area contributed by atoms with Crippen molar-refractivity contribution in [3.05, 3.63) is 71.0 Å². The van der Waals surface area contributed by atoms with Crippen molar-refractivity contribution in [1.82, 2.24) is 14.7 Å². The van der Waals surface area contributed by atoms with E-state index in [1.807, 2.05) is 35.0 Å². The molecule has 0 aliphatic carbocycles. The lowest BCUT2D eigenvalue weighted by atomic mass is 10.2. The van der Waals surface area contributed by atoms with Crippen LogP contribution in [0.5, 0.6) is 0 Å². The number of imidazole rings is 1. The van der Waals surface area contributed by atoms with Crippen molar-refractivity contribution < 1.29 is 9.18 Å². The average molecular weight is 332 g/mol. The zero-order valence-electron chi connectivity index (χ0n) is 12.3. The van der Waals surface area contributed by atoms with Gasteiger partial charge in [-0.25, -0.2) is 9.37 Å². The highest BCUT2D eigenvalue weighted by Gasteiger charge is 2.15. The van der Waals surface area contributed by atoms with Crippen molar-refractivity contribution in [1.29, 1.82) is 0 Å². The summed E-state index contributed by atoms with van der Waals surface area (Å²) in [5.41, 5.74) is 0.921.